The van der Waals surface area contributed by atoms with Crippen LogP contribution in [0.25, 0.3) is 0 Å². The van der Waals surface area contributed by atoms with E-state index in [-0.39, 0.29) is 6.04 Å². The Hall–Kier alpha value is -1.45. The Balaban J connectivity index is 2.15. The van der Waals surface area contributed by atoms with Gasteiger partial charge >= 0.3 is 0 Å². The molecule has 2 aromatic rings. The molecule has 0 saturated carbocycles. The summed E-state index contributed by atoms with van der Waals surface area (Å²) in [4.78, 5) is 0. The van der Waals surface area contributed by atoms with Gasteiger partial charge in [-0.05, 0) is 55.6 Å². The molecule has 1 N–H and O–H groups in total. The number of likely N-dealkylation sites (N-methyl/N-ethyl adjacent to an activating group) is 1. The third kappa shape index (κ3) is 4.02. The van der Waals surface area contributed by atoms with E-state index < -0.39 is 11.6 Å². The van der Waals surface area contributed by atoms with Crippen LogP contribution in [0.4, 0.5) is 8.78 Å². The highest BCUT2D eigenvalue weighted by Crippen LogP contribution is 2.21. The number of nitrogens with one attached hydrogen (secondary N) is 1. The summed E-state index contributed by atoms with van der Waals surface area (Å²) in [6.07, 6.45) is 1.07. The lowest BCUT2D eigenvalue weighted by Gasteiger charge is -2.18. The Labute approximate surface area is 128 Å². The molecule has 0 aliphatic heterocycles. The van der Waals surface area contributed by atoms with Crippen LogP contribution >= 0.6 is 11.6 Å². The molecule has 1 atom stereocenters. The minimum atomic E-state index is -0.810. The van der Waals surface area contributed by atoms with Crippen LogP contribution in [0.1, 0.15) is 16.7 Å². The van der Waals surface area contributed by atoms with Crippen LogP contribution in [0, 0.1) is 18.6 Å². The second-order valence-corrected chi connectivity index (χ2v) is 5.61. The molecule has 1 nitrogen and oxygen atoms in total. The highest BCUT2D eigenvalue weighted by atomic mass is 35.5. The van der Waals surface area contributed by atoms with E-state index in [0.717, 1.165) is 17.2 Å². The predicted octanol–water partition coefficient (Wildman–Crippen LogP) is 4.30. The molecule has 0 aromatic heterocycles. The van der Waals surface area contributed by atoms with Crippen molar-refractivity contribution in [2.24, 2.45) is 0 Å². The fourth-order valence-corrected chi connectivity index (χ4v) is 2.64. The van der Waals surface area contributed by atoms with E-state index in [0.29, 0.717) is 23.4 Å². The van der Waals surface area contributed by atoms with Gasteiger partial charge in [-0.3, -0.25) is 0 Å². The number of hydrogen-bond acceptors (Lipinski definition) is 1. The fourth-order valence-electron chi connectivity index (χ4n) is 2.33. The Morgan fingerprint density at radius 1 is 1.10 bits per heavy atom. The van der Waals surface area contributed by atoms with E-state index in [1.54, 1.807) is 6.07 Å². The Morgan fingerprint density at radius 3 is 2.48 bits per heavy atom. The first-order chi connectivity index (χ1) is 10.0. The van der Waals surface area contributed by atoms with Gasteiger partial charge in [0, 0.05) is 11.1 Å². The van der Waals surface area contributed by atoms with Crippen molar-refractivity contribution in [1.82, 2.24) is 5.32 Å². The topological polar surface area (TPSA) is 12.0 Å². The molecule has 0 amide bonds. The molecule has 2 rings (SSSR count). The van der Waals surface area contributed by atoms with Crippen molar-refractivity contribution in [3.05, 3.63) is 69.7 Å². The molecule has 0 spiro atoms. The second kappa shape index (κ2) is 7.01. The predicted molar refractivity (Wildman–Crippen MR) is 82.8 cm³/mol. The van der Waals surface area contributed by atoms with Crippen molar-refractivity contribution in [1.29, 1.82) is 0 Å². The van der Waals surface area contributed by atoms with E-state index in [4.69, 9.17) is 11.6 Å². The Morgan fingerprint density at radius 2 is 1.81 bits per heavy atom. The lowest BCUT2D eigenvalue weighted by molar-refractivity contribution is 0.482. The molecular formula is C17H18ClF2N. The van der Waals surface area contributed by atoms with Crippen LogP contribution in [0.5, 0.6) is 0 Å². The van der Waals surface area contributed by atoms with Crippen LogP contribution in [0.3, 0.4) is 0 Å². The van der Waals surface area contributed by atoms with E-state index in [1.807, 2.05) is 32.2 Å². The number of hydrogen-bond donors (Lipinski definition) is 1. The molecule has 0 aliphatic carbocycles. The second-order valence-electron chi connectivity index (χ2n) is 5.20. The van der Waals surface area contributed by atoms with Crippen LogP contribution < -0.4 is 5.32 Å². The van der Waals surface area contributed by atoms with Gasteiger partial charge in [-0.25, -0.2) is 8.78 Å². The van der Waals surface area contributed by atoms with E-state index >= 15 is 0 Å². The maximum atomic E-state index is 13.7. The zero-order valence-corrected chi connectivity index (χ0v) is 12.8. The summed E-state index contributed by atoms with van der Waals surface area (Å²) in [5.74, 6) is -1.58. The zero-order valence-electron chi connectivity index (χ0n) is 12.1. The summed E-state index contributed by atoms with van der Waals surface area (Å²) in [6.45, 7) is 1.98. The quantitative estimate of drug-likeness (QED) is 0.868. The maximum Gasteiger partial charge on any atom is 0.162 e. The summed E-state index contributed by atoms with van der Waals surface area (Å²) in [5, 5.41) is 3.84. The molecule has 0 radical (unpaired) electrons. The van der Waals surface area contributed by atoms with Gasteiger partial charge in [0.15, 0.2) is 11.6 Å². The van der Waals surface area contributed by atoms with Crippen molar-refractivity contribution in [2.45, 2.75) is 25.8 Å². The number of halogens is 3. The van der Waals surface area contributed by atoms with Gasteiger partial charge in [0.25, 0.3) is 0 Å². The monoisotopic (exact) mass is 309 g/mol. The minimum Gasteiger partial charge on any atom is -0.316 e. The number of aryl methyl sites for hydroxylation is 1. The van der Waals surface area contributed by atoms with Crippen molar-refractivity contribution < 1.29 is 8.78 Å². The molecule has 21 heavy (non-hydrogen) atoms. The van der Waals surface area contributed by atoms with E-state index in [2.05, 4.69) is 5.32 Å². The van der Waals surface area contributed by atoms with E-state index in [9.17, 15) is 8.78 Å². The molecule has 2 aromatic carbocycles. The largest absolute Gasteiger partial charge is 0.316 e. The summed E-state index contributed by atoms with van der Waals surface area (Å²) < 4.78 is 27.0. The first-order valence-electron chi connectivity index (χ1n) is 6.86. The first-order valence-corrected chi connectivity index (χ1v) is 7.24. The highest BCUT2D eigenvalue weighted by molar-refractivity contribution is 6.31. The molecule has 0 heterocycles. The van der Waals surface area contributed by atoms with E-state index in [1.165, 1.54) is 6.07 Å². The molecule has 112 valence electrons. The molecular weight excluding hydrogens is 292 g/mol. The van der Waals surface area contributed by atoms with Gasteiger partial charge in [0.1, 0.15) is 0 Å². The van der Waals surface area contributed by atoms with Gasteiger partial charge in [0.2, 0.25) is 0 Å². The molecule has 0 bridgehead atoms. The maximum absolute atomic E-state index is 13.7. The van der Waals surface area contributed by atoms with Crippen molar-refractivity contribution in [3.8, 4) is 0 Å². The Kier molecular flexibility index (Phi) is 5.32. The molecule has 1 unspecified atom stereocenters. The molecule has 0 saturated heterocycles. The SMILES string of the molecule is CNC(Cc1ccc(C)cc1Cl)Cc1cccc(F)c1F. The molecule has 4 heteroatoms. The fraction of sp³-hybridized carbons (Fsp3) is 0.294. The average molecular weight is 310 g/mol. The van der Waals surface area contributed by atoms with Gasteiger partial charge in [0.05, 0.1) is 0 Å². The third-order valence-electron chi connectivity index (χ3n) is 3.58. The summed E-state index contributed by atoms with van der Waals surface area (Å²) in [6, 6.07) is 10.1. The molecule has 0 aliphatic rings. The minimum absolute atomic E-state index is 0.0125. The van der Waals surface area contributed by atoms with Gasteiger partial charge in [-0.1, -0.05) is 35.9 Å². The van der Waals surface area contributed by atoms with Gasteiger partial charge in [-0.2, -0.15) is 0 Å². The number of rotatable bonds is 5. The lowest BCUT2D eigenvalue weighted by atomic mass is 9.98. The van der Waals surface area contributed by atoms with Gasteiger partial charge < -0.3 is 5.32 Å². The molecule has 0 fully saturated rings. The van der Waals surface area contributed by atoms with Crippen molar-refractivity contribution in [3.63, 3.8) is 0 Å². The third-order valence-corrected chi connectivity index (χ3v) is 3.93. The summed E-state index contributed by atoms with van der Waals surface area (Å²) in [7, 11) is 1.81. The summed E-state index contributed by atoms with van der Waals surface area (Å²) >= 11 is 6.23. The standard InChI is InChI=1S/C17H18ClF2N/c1-11-6-7-12(15(18)8-11)9-14(21-2)10-13-4-3-5-16(19)17(13)20/h3-8,14,21H,9-10H2,1-2H3. The van der Waals surface area contributed by atoms with Crippen LogP contribution in [-0.4, -0.2) is 13.1 Å². The summed E-state index contributed by atoms with van der Waals surface area (Å²) in [5.41, 5.74) is 2.47. The van der Waals surface area contributed by atoms with Gasteiger partial charge in [-0.15, -0.1) is 0 Å². The van der Waals surface area contributed by atoms with Crippen LogP contribution in [0.2, 0.25) is 5.02 Å². The Bertz CT molecular complexity index is 628. The highest BCUT2D eigenvalue weighted by Gasteiger charge is 2.15. The van der Waals surface area contributed by atoms with Crippen LogP contribution in [-0.2, 0) is 12.8 Å². The zero-order chi connectivity index (χ0) is 15.4. The number of benzene rings is 2. The first kappa shape index (κ1) is 15.9. The smallest absolute Gasteiger partial charge is 0.162 e. The van der Waals surface area contributed by atoms with Crippen molar-refractivity contribution >= 4 is 11.6 Å². The average Bonchev–Trinajstić information content (AvgIpc) is 2.45. The lowest BCUT2D eigenvalue weighted by Crippen LogP contribution is -2.30. The van der Waals surface area contributed by atoms with Crippen molar-refractivity contribution in [2.75, 3.05) is 7.05 Å². The normalized spacial score (nSPS) is 12.4. The van der Waals surface area contributed by atoms with Crippen LogP contribution in [0.15, 0.2) is 36.4 Å².